The van der Waals surface area contributed by atoms with E-state index in [1.165, 1.54) is 4.90 Å². The number of ether oxygens (including phenoxy) is 1. The molecule has 2 rings (SSSR count). The molecule has 27 heavy (non-hydrogen) atoms. The zero-order valence-corrected chi connectivity index (χ0v) is 16.3. The van der Waals surface area contributed by atoms with Gasteiger partial charge >= 0.3 is 12.1 Å². The molecule has 0 saturated heterocycles. The molecule has 0 bridgehead atoms. The van der Waals surface area contributed by atoms with Crippen LogP contribution in [0.2, 0.25) is 0 Å². The quantitative estimate of drug-likeness (QED) is 0.728. The number of anilines is 1. The molecular formula is C22H27NO4. The number of carboxylic acids is 1. The van der Waals surface area contributed by atoms with E-state index >= 15 is 0 Å². The lowest BCUT2D eigenvalue weighted by Crippen LogP contribution is -2.47. The van der Waals surface area contributed by atoms with Crippen LogP contribution >= 0.6 is 0 Å². The number of carbonyl (C=O) groups is 2. The van der Waals surface area contributed by atoms with Crippen molar-refractivity contribution in [3.8, 4) is 11.1 Å². The maximum absolute atomic E-state index is 12.9. The molecule has 0 aliphatic carbocycles. The number of carboxylic acid groups (broad SMARTS) is 1. The van der Waals surface area contributed by atoms with Gasteiger partial charge in [0.15, 0.2) is 0 Å². The molecule has 0 aromatic heterocycles. The average Bonchev–Trinajstić information content (AvgIpc) is 2.61. The van der Waals surface area contributed by atoms with Crippen molar-refractivity contribution in [2.75, 3.05) is 4.90 Å². The Balaban J connectivity index is 2.60. The zero-order chi connectivity index (χ0) is 20.0. The van der Waals surface area contributed by atoms with Crippen molar-refractivity contribution in [1.29, 1.82) is 0 Å². The molecule has 0 fully saturated rings. The zero-order valence-electron chi connectivity index (χ0n) is 16.3. The van der Waals surface area contributed by atoms with E-state index in [1.54, 1.807) is 26.0 Å². The molecule has 0 saturated carbocycles. The SMILES string of the molecule is CC(C)C[C@@H](C(=O)O)N(C(=O)OC(C)C)c1ccccc1-c1ccccc1. The molecule has 5 nitrogen and oxygen atoms in total. The fourth-order valence-corrected chi connectivity index (χ4v) is 2.96. The van der Waals surface area contributed by atoms with Crippen molar-refractivity contribution >= 4 is 17.7 Å². The van der Waals surface area contributed by atoms with Crippen LogP contribution in [0.4, 0.5) is 10.5 Å². The predicted octanol–water partition coefficient (Wildman–Crippen LogP) is 5.20. The molecule has 5 heteroatoms. The monoisotopic (exact) mass is 369 g/mol. The summed E-state index contributed by atoms with van der Waals surface area (Å²) in [7, 11) is 0. The van der Waals surface area contributed by atoms with Crippen molar-refractivity contribution in [1.82, 2.24) is 0 Å². The normalized spacial score (nSPS) is 12.1. The summed E-state index contributed by atoms with van der Waals surface area (Å²) in [5.41, 5.74) is 2.22. The molecule has 0 aliphatic rings. The summed E-state index contributed by atoms with van der Waals surface area (Å²) in [5, 5.41) is 9.85. The first kappa shape index (κ1) is 20.5. The van der Waals surface area contributed by atoms with Gasteiger partial charge in [-0.1, -0.05) is 62.4 Å². The van der Waals surface area contributed by atoms with E-state index in [0.29, 0.717) is 12.1 Å². The smallest absolute Gasteiger partial charge is 0.415 e. The minimum Gasteiger partial charge on any atom is -0.480 e. The Kier molecular flexibility index (Phi) is 6.99. The number of benzene rings is 2. The minimum absolute atomic E-state index is 0.101. The highest BCUT2D eigenvalue weighted by molar-refractivity contribution is 5.99. The lowest BCUT2D eigenvalue weighted by atomic mass is 9.99. The van der Waals surface area contributed by atoms with Crippen LogP contribution in [-0.2, 0) is 9.53 Å². The lowest BCUT2D eigenvalue weighted by Gasteiger charge is -2.31. The summed E-state index contributed by atoms with van der Waals surface area (Å²) < 4.78 is 5.39. The van der Waals surface area contributed by atoms with Crippen molar-refractivity contribution in [3.63, 3.8) is 0 Å². The van der Waals surface area contributed by atoms with Crippen LogP contribution in [0.5, 0.6) is 0 Å². The summed E-state index contributed by atoms with van der Waals surface area (Å²) in [6.45, 7) is 7.37. The van der Waals surface area contributed by atoms with E-state index < -0.39 is 18.1 Å². The molecule has 1 N–H and O–H groups in total. The van der Waals surface area contributed by atoms with Crippen molar-refractivity contribution in [2.45, 2.75) is 46.3 Å². The number of nitrogens with zero attached hydrogens (tertiary/aromatic N) is 1. The van der Waals surface area contributed by atoms with Crippen LogP contribution in [0.15, 0.2) is 54.6 Å². The van der Waals surface area contributed by atoms with Gasteiger partial charge in [0.2, 0.25) is 0 Å². The second-order valence-corrected chi connectivity index (χ2v) is 7.17. The number of aliphatic carboxylic acids is 1. The van der Waals surface area contributed by atoms with Gasteiger partial charge in [0.05, 0.1) is 11.8 Å². The second-order valence-electron chi connectivity index (χ2n) is 7.17. The largest absolute Gasteiger partial charge is 0.480 e. The molecule has 0 aliphatic heterocycles. The summed E-state index contributed by atoms with van der Waals surface area (Å²) in [6.07, 6.45) is -0.676. The Morgan fingerprint density at radius 3 is 2.11 bits per heavy atom. The van der Waals surface area contributed by atoms with Gasteiger partial charge in [0.25, 0.3) is 0 Å². The first-order chi connectivity index (χ1) is 12.8. The molecule has 144 valence electrons. The highest BCUT2D eigenvalue weighted by atomic mass is 16.6. The summed E-state index contributed by atoms with van der Waals surface area (Å²) >= 11 is 0. The van der Waals surface area contributed by atoms with Gasteiger partial charge in [0.1, 0.15) is 6.04 Å². The lowest BCUT2D eigenvalue weighted by molar-refractivity contribution is -0.139. The molecule has 1 atom stereocenters. The average molecular weight is 369 g/mol. The molecule has 0 radical (unpaired) electrons. The number of hydrogen-bond donors (Lipinski definition) is 1. The third-order valence-electron chi connectivity index (χ3n) is 4.07. The van der Waals surface area contributed by atoms with E-state index in [9.17, 15) is 14.7 Å². The Bertz CT molecular complexity index is 771. The number of para-hydroxylation sites is 1. The third-order valence-corrected chi connectivity index (χ3v) is 4.07. The molecule has 0 spiro atoms. The van der Waals surface area contributed by atoms with Crippen LogP contribution in [0.1, 0.15) is 34.1 Å². The van der Waals surface area contributed by atoms with E-state index in [2.05, 4.69) is 0 Å². The van der Waals surface area contributed by atoms with Crippen molar-refractivity contribution in [3.05, 3.63) is 54.6 Å². The number of carbonyl (C=O) groups excluding carboxylic acids is 1. The molecule has 2 aromatic rings. The minimum atomic E-state index is -1.05. The van der Waals surface area contributed by atoms with Gasteiger partial charge < -0.3 is 9.84 Å². The number of amides is 1. The Morgan fingerprint density at radius 1 is 0.963 bits per heavy atom. The summed E-state index contributed by atoms with van der Waals surface area (Å²) in [4.78, 5) is 26.2. The Morgan fingerprint density at radius 2 is 1.56 bits per heavy atom. The fourth-order valence-electron chi connectivity index (χ4n) is 2.96. The highest BCUT2D eigenvalue weighted by Crippen LogP contribution is 2.33. The van der Waals surface area contributed by atoms with E-state index in [1.807, 2.05) is 56.3 Å². The molecule has 1 amide bonds. The number of rotatable bonds is 7. The standard InChI is InChI=1S/C22H27NO4/c1-15(2)14-20(21(24)25)23(22(26)27-16(3)4)19-13-9-8-12-18(19)17-10-6-5-7-11-17/h5-13,15-16,20H,14H2,1-4H3,(H,24,25)/t20-/m0/s1. The fraction of sp³-hybridized carbons (Fsp3) is 0.364. The van der Waals surface area contributed by atoms with Gasteiger partial charge in [-0.15, -0.1) is 0 Å². The third kappa shape index (κ3) is 5.33. The molecule has 0 unspecified atom stereocenters. The van der Waals surface area contributed by atoms with E-state index in [-0.39, 0.29) is 12.0 Å². The second kappa shape index (κ2) is 9.21. The van der Waals surface area contributed by atoms with Crippen molar-refractivity contribution in [2.24, 2.45) is 5.92 Å². The van der Waals surface area contributed by atoms with Crippen LogP contribution < -0.4 is 4.90 Å². The first-order valence-corrected chi connectivity index (χ1v) is 9.18. The van der Waals surface area contributed by atoms with Crippen LogP contribution in [0, 0.1) is 5.92 Å². The van der Waals surface area contributed by atoms with Gasteiger partial charge in [-0.05, 0) is 37.8 Å². The van der Waals surface area contributed by atoms with E-state index in [0.717, 1.165) is 11.1 Å². The summed E-state index contributed by atoms with van der Waals surface area (Å²) in [6, 6.07) is 15.9. The maximum Gasteiger partial charge on any atom is 0.415 e. The van der Waals surface area contributed by atoms with Gasteiger partial charge in [-0.25, -0.2) is 9.59 Å². The van der Waals surface area contributed by atoms with Crippen LogP contribution in [0.25, 0.3) is 11.1 Å². The van der Waals surface area contributed by atoms with Gasteiger partial charge in [-0.3, -0.25) is 4.90 Å². The molecular weight excluding hydrogens is 342 g/mol. The Labute approximate surface area is 160 Å². The van der Waals surface area contributed by atoms with Crippen molar-refractivity contribution < 1.29 is 19.4 Å². The highest BCUT2D eigenvalue weighted by Gasteiger charge is 2.34. The topological polar surface area (TPSA) is 66.8 Å². The van der Waals surface area contributed by atoms with Crippen LogP contribution in [-0.4, -0.2) is 29.3 Å². The van der Waals surface area contributed by atoms with Crippen LogP contribution in [0.3, 0.4) is 0 Å². The van der Waals surface area contributed by atoms with Gasteiger partial charge in [-0.2, -0.15) is 0 Å². The first-order valence-electron chi connectivity index (χ1n) is 9.18. The van der Waals surface area contributed by atoms with Gasteiger partial charge in [0, 0.05) is 5.56 Å². The van der Waals surface area contributed by atoms with E-state index in [4.69, 9.17) is 4.74 Å². The summed E-state index contributed by atoms with van der Waals surface area (Å²) in [5.74, 6) is -0.948. The molecule has 2 aromatic carbocycles. The molecule has 0 heterocycles. The predicted molar refractivity (Wildman–Crippen MR) is 107 cm³/mol. The maximum atomic E-state index is 12.9. The number of hydrogen-bond acceptors (Lipinski definition) is 3. The Hall–Kier alpha value is -2.82.